The molecule has 1 saturated carbocycles. The molecule has 0 aromatic rings. The van der Waals surface area contributed by atoms with Gasteiger partial charge in [0, 0.05) is 0 Å². The lowest BCUT2D eigenvalue weighted by molar-refractivity contribution is -0.227. The second-order valence-electron chi connectivity index (χ2n) is 5.18. The average Bonchev–Trinajstić information content (AvgIpc) is 2.15. The van der Waals surface area contributed by atoms with E-state index in [4.69, 9.17) is 0 Å². The highest BCUT2D eigenvalue weighted by molar-refractivity contribution is 5.79. The maximum atomic E-state index is 13.9. The Labute approximate surface area is 100 Å². The maximum absolute atomic E-state index is 13.9. The molecule has 1 rings (SSSR count). The van der Waals surface area contributed by atoms with Gasteiger partial charge in [0.2, 0.25) is 0 Å². The van der Waals surface area contributed by atoms with Gasteiger partial charge in [0.1, 0.15) is 5.60 Å². The van der Waals surface area contributed by atoms with E-state index in [0.717, 1.165) is 6.42 Å². The first kappa shape index (κ1) is 14.4. The van der Waals surface area contributed by atoms with Gasteiger partial charge in [-0.05, 0) is 38.0 Å². The fourth-order valence-corrected chi connectivity index (χ4v) is 2.76. The highest BCUT2D eigenvalue weighted by Crippen LogP contribution is 2.45. The van der Waals surface area contributed by atoms with Crippen LogP contribution in [0.4, 0.5) is 8.78 Å². The van der Waals surface area contributed by atoms with Crippen LogP contribution in [0.15, 0.2) is 0 Å². The fourth-order valence-electron chi connectivity index (χ4n) is 2.76. The van der Waals surface area contributed by atoms with Crippen LogP contribution in [0, 0.1) is 11.8 Å². The summed E-state index contributed by atoms with van der Waals surface area (Å²) in [5.74, 6) is -5.50. The van der Waals surface area contributed by atoms with Gasteiger partial charge < -0.3 is 9.84 Å². The fraction of sp³-hybridized carbons (Fsp3) is 0.917. The molecule has 0 aliphatic heterocycles. The molecule has 0 saturated heterocycles. The molecule has 1 aliphatic rings. The van der Waals surface area contributed by atoms with Gasteiger partial charge in [0.25, 0.3) is 0 Å². The summed E-state index contributed by atoms with van der Waals surface area (Å²) in [5.41, 5.74) is -2.27. The highest BCUT2D eigenvalue weighted by atomic mass is 19.3. The number of hydrogen-bond donors (Lipinski definition) is 1. The van der Waals surface area contributed by atoms with Crippen LogP contribution >= 0.6 is 0 Å². The van der Waals surface area contributed by atoms with E-state index in [9.17, 15) is 18.7 Å². The largest absolute Gasteiger partial charge is 0.461 e. The van der Waals surface area contributed by atoms with Crippen molar-refractivity contribution >= 4 is 5.97 Å². The molecule has 1 aliphatic carbocycles. The third-order valence-corrected chi connectivity index (χ3v) is 3.29. The zero-order valence-electron chi connectivity index (χ0n) is 10.5. The van der Waals surface area contributed by atoms with Crippen molar-refractivity contribution in [2.45, 2.75) is 51.6 Å². The molecule has 0 amide bonds. The number of ether oxygens (including phenoxy) is 1. The average molecular weight is 250 g/mol. The number of carbonyl (C=O) groups is 1. The van der Waals surface area contributed by atoms with Gasteiger partial charge in [0.15, 0.2) is 0 Å². The first-order chi connectivity index (χ1) is 7.73. The van der Waals surface area contributed by atoms with Gasteiger partial charge in [-0.25, -0.2) is 4.79 Å². The number of alkyl halides is 2. The number of halogens is 2. The first-order valence-corrected chi connectivity index (χ1v) is 6.00. The van der Waals surface area contributed by atoms with Crippen LogP contribution in [0.3, 0.4) is 0 Å². The summed E-state index contributed by atoms with van der Waals surface area (Å²) in [5, 5.41) is 10.1. The van der Waals surface area contributed by atoms with Crippen LogP contribution in [0.5, 0.6) is 0 Å². The summed E-state index contributed by atoms with van der Waals surface area (Å²) < 4.78 is 32.1. The summed E-state index contributed by atoms with van der Waals surface area (Å²) in [4.78, 5) is 11.3. The molecule has 1 fully saturated rings. The Balaban J connectivity index is 2.90. The van der Waals surface area contributed by atoms with E-state index in [1.807, 2.05) is 13.8 Å². The summed E-state index contributed by atoms with van der Waals surface area (Å²) >= 11 is 0. The molecular formula is C12H20F2O3. The van der Waals surface area contributed by atoms with E-state index < -0.39 is 17.5 Å². The number of carbonyl (C=O) groups excluding carboxylic acids is 1. The van der Waals surface area contributed by atoms with Gasteiger partial charge >= 0.3 is 11.9 Å². The van der Waals surface area contributed by atoms with E-state index in [2.05, 4.69) is 4.74 Å². The standard InChI is InChI=1S/C12H20F2O3/c1-4-17-10(15)12(13,14)11(16)6-8(2)5-9(3)7-11/h8-9,16H,4-7H2,1-3H3. The third kappa shape index (κ3) is 2.76. The Kier molecular flexibility index (Phi) is 4.12. The molecule has 17 heavy (non-hydrogen) atoms. The minimum absolute atomic E-state index is 0.0240. The van der Waals surface area contributed by atoms with Gasteiger partial charge in [-0.2, -0.15) is 8.78 Å². The minimum atomic E-state index is -3.83. The van der Waals surface area contributed by atoms with Crippen LogP contribution in [0.25, 0.3) is 0 Å². The summed E-state index contributed by atoms with van der Waals surface area (Å²) in [6.07, 6.45) is 0.660. The molecule has 0 aromatic carbocycles. The van der Waals surface area contributed by atoms with E-state index >= 15 is 0 Å². The van der Waals surface area contributed by atoms with E-state index in [1.165, 1.54) is 6.92 Å². The van der Waals surface area contributed by atoms with Crippen molar-refractivity contribution in [3.05, 3.63) is 0 Å². The topological polar surface area (TPSA) is 46.5 Å². The van der Waals surface area contributed by atoms with Crippen LogP contribution in [-0.2, 0) is 9.53 Å². The molecule has 0 radical (unpaired) electrons. The van der Waals surface area contributed by atoms with Gasteiger partial charge in [-0.15, -0.1) is 0 Å². The maximum Gasteiger partial charge on any atom is 0.380 e. The predicted molar refractivity (Wildman–Crippen MR) is 58.7 cm³/mol. The third-order valence-electron chi connectivity index (χ3n) is 3.29. The second kappa shape index (κ2) is 4.88. The Morgan fingerprint density at radius 2 is 1.88 bits per heavy atom. The molecule has 0 aromatic heterocycles. The molecule has 2 atom stereocenters. The second-order valence-corrected chi connectivity index (χ2v) is 5.18. The van der Waals surface area contributed by atoms with Crippen LogP contribution in [-0.4, -0.2) is 29.2 Å². The normalized spacial score (nSPS) is 34.5. The zero-order chi connectivity index (χ0) is 13.3. The number of esters is 1. The summed E-state index contributed by atoms with van der Waals surface area (Å²) in [6.45, 7) is 4.96. The molecule has 2 unspecified atom stereocenters. The Morgan fingerprint density at radius 1 is 1.41 bits per heavy atom. The van der Waals surface area contributed by atoms with E-state index in [1.54, 1.807) is 0 Å². The highest BCUT2D eigenvalue weighted by Gasteiger charge is 2.61. The predicted octanol–water partition coefficient (Wildman–Crippen LogP) is 2.37. The smallest absolute Gasteiger partial charge is 0.380 e. The Bertz CT molecular complexity index is 281. The number of hydrogen-bond acceptors (Lipinski definition) is 3. The van der Waals surface area contributed by atoms with Crippen molar-refractivity contribution in [1.29, 1.82) is 0 Å². The number of aliphatic hydroxyl groups is 1. The molecular weight excluding hydrogens is 230 g/mol. The minimum Gasteiger partial charge on any atom is -0.461 e. The Hall–Kier alpha value is -0.710. The van der Waals surface area contributed by atoms with Crippen molar-refractivity contribution in [2.75, 3.05) is 6.61 Å². The number of rotatable bonds is 3. The van der Waals surface area contributed by atoms with E-state index in [-0.39, 0.29) is 31.3 Å². The van der Waals surface area contributed by atoms with Crippen molar-refractivity contribution in [1.82, 2.24) is 0 Å². The van der Waals surface area contributed by atoms with Crippen molar-refractivity contribution in [3.8, 4) is 0 Å². The molecule has 1 N–H and O–H groups in total. The lowest BCUT2D eigenvalue weighted by Crippen LogP contribution is -2.57. The quantitative estimate of drug-likeness (QED) is 0.782. The SMILES string of the molecule is CCOC(=O)C(F)(F)C1(O)CC(C)CC(C)C1. The molecule has 3 nitrogen and oxygen atoms in total. The molecule has 100 valence electrons. The van der Waals surface area contributed by atoms with Gasteiger partial charge in [-0.3, -0.25) is 0 Å². The zero-order valence-corrected chi connectivity index (χ0v) is 10.5. The van der Waals surface area contributed by atoms with Crippen LogP contribution in [0.1, 0.15) is 40.0 Å². The van der Waals surface area contributed by atoms with Crippen LogP contribution in [0.2, 0.25) is 0 Å². The van der Waals surface area contributed by atoms with Crippen molar-refractivity contribution < 1.29 is 23.4 Å². The molecule has 0 spiro atoms. The molecule has 5 heteroatoms. The lowest BCUT2D eigenvalue weighted by Gasteiger charge is -2.42. The lowest BCUT2D eigenvalue weighted by atomic mass is 9.71. The Morgan fingerprint density at radius 3 is 2.29 bits per heavy atom. The molecule has 0 bridgehead atoms. The molecule has 0 heterocycles. The van der Waals surface area contributed by atoms with Crippen molar-refractivity contribution in [3.63, 3.8) is 0 Å². The van der Waals surface area contributed by atoms with E-state index in [0.29, 0.717) is 0 Å². The summed E-state index contributed by atoms with van der Waals surface area (Å²) in [7, 11) is 0. The monoisotopic (exact) mass is 250 g/mol. The first-order valence-electron chi connectivity index (χ1n) is 6.00. The summed E-state index contributed by atoms with van der Waals surface area (Å²) in [6, 6.07) is 0. The van der Waals surface area contributed by atoms with Crippen LogP contribution < -0.4 is 0 Å². The van der Waals surface area contributed by atoms with Gasteiger partial charge in [-0.1, -0.05) is 13.8 Å². The van der Waals surface area contributed by atoms with Gasteiger partial charge in [0.05, 0.1) is 6.61 Å². The van der Waals surface area contributed by atoms with Crippen molar-refractivity contribution in [2.24, 2.45) is 11.8 Å².